The molecule has 0 spiro atoms. The SMILES string of the molecule is CCC(=C(c1ccc(OCCN(C)C)cc1)c1cccc(OC(=O)CC(C2=C(Cl)C=CCC=C2)N2CCc3sccc3C2)c1)c1ccccc1. The average molecular weight is 705 g/mol. The number of likely N-dealkylation sites (N-methyl/N-ethyl adjacent to an activating group) is 1. The third-order valence-corrected chi connectivity index (χ3v) is 10.6. The first kappa shape index (κ1) is 35.6. The maximum absolute atomic E-state index is 13.8. The molecule has 1 unspecified atom stereocenters. The van der Waals surface area contributed by atoms with E-state index in [0.717, 1.165) is 72.5 Å². The first-order valence-electron chi connectivity index (χ1n) is 17.4. The molecular formula is C43H45ClN2O3S. The lowest BCUT2D eigenvalue weighted by atomic mass is 9.88. The summed E-state index contributed by atoms with van der Waals surface area (Å²) in [6.07, 6.45) is 11.0. The highest BCUT2D eigenvalue weighted by molar-refractivity contribution is 7.10. The van der Waals surface area contributed by atoms with Gasteiger partial charge in [0.2, 0.25) is 0 Å². The molecule has 0 saturated carbocycles. The van der Waals surface area contributed by atoms with E-state index in [2.05, 4.69) is 88.9 Å². The van der Waals surface area contributed by atoms with E-state index in [1.54, 1.807) is 0 Å². The fourth-order valence-electron chi connectivity index (χ4n) is 6.65. The van der Waals surface area contributed by atoms with Gasteiger partial charge in [0, 0.05) is 35.6 Å². The highest BCUT2D eigenvalue weighted by atomic mass is 35.5. The van der Waals surface area contributed by atoms with Crippen LogP contribution in [0.25, 0.3) is 11.1 Å². The van der Waals surface area contributed by atoms with Crippen molar-refractivity contribution < 1.29 is 14.3 Å². The molecule has 1 aliphatic carbocycles. The van der Waals surface area contributed by atoms with Crippen molar-refractivity contribution in [1.29, 1.82) is 0 Å². The number of fused-ring (bicyclic) bond motifs is 1. The van der Waals surface area contributed by atoms with Gasteiger partial charge in [0.25, 0.3) is 0 Å². The van der Waals surface area contributed by atoms with Gasteiger partial charge in [-0.25, -0.2) is 0 Å². The molecule has 2 aliphatic rings. The lowest BCUT2D eigenvalue weighted by Crippen LogP contribution is -2.41. The first-order valence-corrected chi connectivity index (χ1v) is 18.6. The number of rotatable bonds is 13. The number of halogens is 1. The van der Waals surface area contributed by atoms with Gasteiger partial charge in [-0.05, 0) is 114 Å². The number of ether oxygens (including phenoxy) is 2. The number of hydrogen-bond donors (Lipinski definition) is 0. The predicted octanol–water partition coefficient (Wildman–Crippen LogP) is 9.79. The van der Waals surface area contributed by atoms with Crippen LogP contribution in [0.2, 0.25) is 0 Å². The summed E-state index contributed by atoms with van der Waals surface area (Å²) in [5, 5.41) is 2.83. The Labute approximate surface area is 305 Å². The Bertz CT molecular complexity index is 1890. The maximum atomic E-state index is 13.8. The quantitative estimate of drug-likeness (QED) is 0.0788. The number of allylic oxidation sites excluding steroid dienone is 5. The highest BCUT2D eigenvalue weighted by Gasteiger charge is 2.30. The van der Waals surface area contributed by atoms with Crippen molar-refractivity contribution in [1.82, 2.24) is 9.80 Å². The van der Waals surface area contributed by atoms with E-state index >= 15 is 0 Å². The third-order valence-electron chi connectivity index (χ3n) is 9.19. The molecule has 6 rings (SSSR count). The number of thiophene rings is 1. The van der Waals surface area contributed by atoms with Crippen LogP contribution in [0.5, 0.6) is 11.5 Å². The summed E-state index contributed by atoms with van der Waals surface area (Å²) >= 11 is 8.64. The number of nitrogens with zero attached hydrogens (tertiary/aromatic N) is 2. The molecular weight excluding hydrogens is 660 g/mol. The van der Waals surface area contributed by atoms with Crippen LogP contribution in [0, 0.1) is 0 Å². The van der Waals surface area contributed by atoms with Crippen LogP contribution in [0.15, 0.2) is 125 Å². The van der Waals surface area contributed by atoms with Gasteiger partial charge < -0.3 is 14.4 Å². The Morgan fingerprint density at radius 2 is 1.70 bits per heavy atom. The molecule has 2 heterocycles. The molecule has 7 heteroatoms. The van der Waals surface area contributed by atoms with Crippen molar-refractivity contribution >= 4 is 40.1 Å². The van der Waals surface area contributed by atoms with Crippen molar-refractivity contribution in [2.24, 2.45) is 0 Å². The van der Waals surface area contributed by atoms with E-state index in [9.17, 15) is 4.79 Å². The summed E-state index contributed by atoms with van der Waals surface area (Å²) < 4.78 is 12.2. The smallest absolute Gasteiger partial charge is 0.313 e. The van der Waals surface area contributed by atoms with Gasteiger partial charge in [-0.2, -0.15) is 0 Å². The lowest BCUT2D eigenvalue weighted by molar-refractivity contribution is -0.135. The zero-order valence-corrected chi connectivity index (χ0v) is 30.7. The summed E-state index contributed by atoms with van der Waals surface area (Å²) in [5.74, 6) is 1.07. The van der Waals surface area contributed by atoms with Gasteiger partial charge in [-0.3, -0.25) is 9.69 Å². The van der Waals surface area contributed by atoms with Crippen LogP contribution >= 0.6 is 22.9 Å². The van der Waals surface area contributed by atoms with Crippen LogP contribution in [0.4, 0.5) is 0 Å². The number of benzene rings is 3. The summed E-state index contributed by atoms with van der Waals surface area (Å²) in [6, 6.07) is 28.7. The molecule has 4 aromatic rings. The number of carbonyl (C=O) groups excluding carboxylic acids is 1. The van der Waals surface area contributed by atoms with Crippen LogP contribution in [0.3, 0.4) is 0 Å². The Morgan fingerprint density at radius 3 is 2.48 bits per heavy atom. The monoisotopic (exact) mass is 704 g/mol. The number of hydrogen-bond acceptors (Lipinski definition) is 6. The second-order valence-corrected chi connectivity index (χ2v) is 14.3. The minimum atomic E-state index is -0.287. The first-order chi connectivity index (χ1) is 24.4. The molecule has 3 aromatic carbocycles. The van der Waals surface area contributed by atoms with Gasteiger partial charge in [-0.1, -0.05) is 91.4 Å². The average Bonchev–Trinajstić information content (AvgIpc) is 3.50. The molecule has 1 aliphatic heterocycles. The minimum absolute atomic E-state index is 0.190. The molecule has 1 aromatic heterocycles. The van der Waals surface area contributed by atoms with Crippen molar-refractivity contribution in [3.63, 3.8) is 0 Å². The van der Waals surface area contributed by atoms with Crippen molar-refractivity contribution in [2.75, 3.05) is 33.8 Å². The molecule has 258 valence electrons. The third kappa shape index (κ3) is 8.93. The molecule has 50 heavy (non-hydrogen) atoms. The molecule has 0 radical (unpaired) electrons. The lowest BCUT2D eigenvalue weighted by Gasteiger charge is -2.35. The molecule has 0 fully saturated rings. The van der Waals surface area contributed by atoms with Gasteiger partial charge in [-0.15, -0.1) is 11.3 Å². The summed E-state index contributed by atoms with van der Waals surface area (Å²) in [5.41, 5.74) is 7.81. The van der Waals surface area contributed by atoms with Crippen LogP contribution < -0.4 is 9.47 Å². The largest absolute Gasteiger partial charge is 0.492 e. The van der Waals surface area contributed by atoms with E-state index in [1.165, 1.54) is 16.0 Å². The standard InChI is InChI=1S/C43H45ClN2O3S/c1-4-37(31-12-7-5-8-13-31)43(32-18-20-35(21-19-32)48-26-25-45(2)3)33-14-11-15-36(28-33)49-42(47)29-40(38-16-9-6-10-17-39(38)44)46-24-22-41-34(30-46)23-27-50-41/h5,7-21,23,27-28,40H,4,6,22,24-26,29-30H2,1-3H3. The van der Waals surface area contributed by atoms with Gasteiger partial charge in [0.15, 0.2) is 0 Å². The Kier molecular flexibility index (Phi) is 12.2. The van der Waals surface area contributed by atoms with Gasteiger partial charge in [0.05, 0.1) is 6.42 Å². The fraction of sp³-hybridized carbons (Fsp3) is 0.279. The van der Waals surface area contributed by atoms with E-state index in [4.69, 9.17) is 21.1 Å². The van der Waals surface area contributed by atoms with Crippen molar-refractivity contribution in [3.8, 4) is 11.5 Å². The summed E-state index contributed by atoms with van der Waals surface area (Å²) in [6.45, 7) is 5.29. The Hall–Kier alpha value is -4.20. The van der Waals surface area contributed by atoms with Crippen LogP contribution in [0.1, 0.15) is 53.3 Å². The fourth-order valence-corrected chi connectivity index (χ4v) is 7.82. The molecule has 0 saturated heterocycles. The van der Waals surface area contributed by atoms with E-state index in [0.29, 0.717) is 17.4 Å². The zero-order chi connectivity index (χ0) is 34.9. The van der Waals surface area contributed by atoms with Crippen LogP contribution in [-0.4, -0.2) is 55.6 Å². The Balaban J connectivity index is 1.29. The molecule has 0 N–H and O–H groups in total. The van der Waals surface area contributed by atoms with E-state index < -0.39 is 0 Å². The highest BCUT2D eigenvalue weighted by Crippen LogP contribution is 2.37. The normalized spacial score (nSPS) is 15.8. The summed E-state index contributed by atoms with van der Waals surface area (Å²) in [7, 11) is 4.08. The van der Waals surface area contributed by atoms with Gasteiger partial charge >= 0.3 is 5.97 Å². The van der Waals surface area contributed by atoms with Gasteiger partial charge in [0.1, 0.15) is 18.1 Å². The number of carbonyl (C=O) groups is 1. The number of esters is 1. The zero-order valence-electron chi connectivity index (χ0n) is 29.1. The topological polar surface area (TPSA) is 42.0 Å². The summed E-state index contributed by atoms with van der Waals surface area (Å²) in [4.78, 5) is 19.7. The van der Waals surface area contributed by atoms with Crippen LogP contribution in [-0.2, 0) is 17.8 Å². The van der Waals surface area contributed by atoms with E-state index in [-0.39, 0.29) is 18.4 Å². The maximum Gasteiger partial charge on any atom is 0.313 e. The molecule has 5 nitrogen and oxygen atoms in total. The Morgan fingerprint density at radius 1 is 0.920 bits per heavy atom. The molecule has 0 amide bonds. The van der Waals surface area contributed by atoms with E-state index in [1.807, 2.05) is 67.9 Å². The molecule has 0 bridgehead atoms. The van der Waals surface area contributed by atoms with Crippen molar-refractivity contribution in [2.45, 2.75) is 45.2 Å². The predicted molar refractivity (Wildman–Crippen MR) is 208 cm³/mol. The van der Waals surface area contributed by atoms with Crippen molar-refractivity contribution in [3.05, 3.63) is 152 Å². The second-order valence-electron chi connectivity index (χ2n) is 12.9. The molecule has 1 atom stereocenters. The second kappa shape index (κ2) is 17.1. The minimum Gasteiger partial charge on any atom is -0.492 e.